The molecule has 1 aromatic carbocycles. The maximum atomic E-state index is 11.3. The number of piperazine rings is 1. The Balaban J connectivity index is 1.97. The lowest BCUT2D eigenvalue weighted by molar-refractivity contribution is -0.145. The van der Waals surface area contributed by atoms with Gasteiger partial charge in [0.1, 0.15) is 11.8 Å². The van der Waals surface area contributed by atoms with Gasteiger partial charge in [-0.2, -0.15) is 0 Å². The van der Waals surface area contributed by atoms with E-state index in [0.717, 1.165) is 24.5 Å². The molecule has 1 N–H and O–H groups in total. The number of benzene rings is 1. The Labute approximate surface area is 124 Å². The monoisotopic (exact) mass is 294 g/mol. The summed E-state index contributed by atoms with van der Waals surface area (Å²) in [6, 6.07) is 7.36. The van der Waals surface area contributed by atoms with E-state index in [1.165, 1.54) is 7.11 Å². The second-order valence-corrected chi connectivity index (χ2v) is 5.03. The molecule has 1 heterocycles. The molecule has 1 aliphatic heterocycles. The Morgan fingerprint density at radius 3 is 2.57 bits per heavy atom. The third kappa shape index (κ3) is 3.86. The van der Waals surface area contributed by atoms with E-state index in [-0.39, 0.29) is 6.61 Å². The number of aliphatic carboxylic acids is 1. The van der Waals surface area contributed by atoms with Gasteiger partial charge in [-0.25, -0.2) is 0 Å². The summed E-state index contributed by atoms with van der Waals surface area (Å²) in [7, 11) is 3.18. The number of methoxy groups -OCH3 is 2. The van der Waals surface area contributed by atoms with E-state index in [2.05, 4.69) is 4.90 Å². The largest absolute Gasteiger partial charge is 0.497 e. The number of carboxylic acid groups (broad SMARTS) is 1. The quantitative estimate of drug-likeness (QED) is 0.842. The Morgan fingerprint density at radius 1 is 1.29 bits per heavy atom. The van der Waals surface area contributed by atoms with Crippen LogP contribution in [0.4, 0.5) is 5.69 Å². The molecule has 0 aliphatic carbocycles. The molecular weight excluding hydrogens is 272 g/mol. The lowest BCUT2D eigenvalue weighted by Crippen LogP contribution is -2.54. The Hall–Kier alpha value is -1.79. The first-order chi connectivity index (χ1) is 10.2. The van der Waals surface area contributed by atoms with Crippen molar-refractivity contribution in [2.75, 3.05) is 51.9 Å². The molecule has 0 aromatic heterocycles. The van der Waals surface area contributed by atoms with Gasteiger partial charge in [0.2, 0.25) is 0 Å². The van der Waals surface area contributed by atoms with Crippen molar-refractivity contribution >= 4 is 11.7 Å². The molecule has 1 unspecified atom stereocenters. The molecule has 0 radical (unpaired) electrons. The van der Waals surface area contributed by atoms with Crippen LogP contribution >= 0.6 is 0 Å². The zero-order valence-corrected chi connectivity index (χ0v) is 12.5. The fourth-order valence-electron chi connectivity index (χ4n) is 2.59. The average molecular weight is 294 g/mol. The highest BCUT2D eigenvalue weighted by molar-refractivity contribution is 5.73. The summed E-state index contributed by atoms with van der Waals surface area (Å²) >= 11 is 0. The van der Waals surface area contributed by atoms with Crippen LogP contribution in [-0.4, -0.2) is 69.0 Å². The predicted octanol–water partition coefficient (Wildman–Crippen LogP) is 0.917. The number of ether oxygens (including phenoxy) is 2. The van der Waals surface area contributed by atoms with Crippen LogP contribution in [0.15, 0.2) is 24.3 Å². The average Bonchev–Trinajstić information content (AvgIpc) is 2.52. The second-order valence-electron chi connectivity index (χ2n) is 5.03. The maximum Gasteiger partial charge on any atom is 0.323 e. The molecule has 1 atom stereocenters. The maximum absolute atomic E-state index is 11.3. The predicted molar refractivity (Wildman–Crippen MR) is 80.1 cm³/mol. The van der Waals surface area contributed by atoms with Crippen molar-refractivity contribution in [1.29, 1.82) is 0 Å². The van der Waals surface area contributed by atoms with E-state index in [1.54, 1.807) is 7.11 Å². The van der Waals surface area contributed by atoms with E-state index in [4.69, 9.17) is 9.47 Å². The Morgan fingerprint density at radius 2 is 2.00 bits per heavy atom. The third-order valence-corrected chi connectivity index (χ3v) is 3.78. The standard InChI is InChI=1S/C15H22N2O4/c1-20-11-14(15(18)19)17-8-6-16(7-9-17)12-4-3-5-13(10-12)21-2/h3-5,10,14H,6-9,11H2,1-2H3,(H,18,19). The van der Waals surface area contributed by atoms with Crippen LogP contribution in [0.1, 0.15) is 0 Å². The van der Waals surface area contributed by atoms with Crippen LogP contribution in [-0.2, 0) is 9.53 Å². The highest BCUT2D eigenvalue weighted by Gasteiger charge is 2.28. The number of rotatable bonds is 6. The van der Waals surface area contributed by atoms with Crippen LogP contribution in [0, 0.1) is 0 Å². The summed E-state index contributed by atoms with van der Waals surface area (Å²) in [5.41, 5.74) is 1.10. The van der Waals surface area contributed by atoms with E-state index in [0.29, 0.717) is 13.1 Å². The fourth-order valence-corrected chi connectivity index (χ4v) is 2.59. The van der Waals surface area contributed by atoms with E-state index in [1.807, 2.05) is 29.2 Å². The van der Waals surface area contributed by atoms with Crippen LogP contribution < -0.4 is 9.64 Å². The summed E-state index contributed by atoms with van der Waals surface area (Å²) in [5.74, 6) is 0.00408. The SMILES string of the molecule is COCC(C(=O)O)N1CCN(c2cccc(OC)c2)CC1. The molecule has 1 aromatic rings. The lowest BCUT2D eigenvalue weighted by atomic mass is 10.2. The van der Waals surface area contributed by atoms with E-state index < -0.39 is 12.0 Å². The molecule has 0 spiro atoms. The van der Waals surface area contributed by atoms with Crippen LogP contribution in [0.3, 0.4) is 0 Å². The summed E-state index contributed by atoms with van der Waals surface area (Å²) in [6.07, 6.45) is 0. The van der Waals surface area contributed by atoms with Crippen molar-refractivity contribution in [3.63, 3.8) is 0 Å². The van der Waals surface area contributed by atoms with Crippen molar-refractivity contribution in [2.45, 2.75) is 6.04 Å². The van der Waals surface area contributed by atoms with Gasteiger partial charge in [-0.15, -0.1) is 0 Å². The van der Waals surface area contributed by atoms with Crippen molar-refractivity contribution < 1.29 is 19.4 Å². The smallest absolute Gasteiger partial charge is 0.323 e. The second kappa shape index (κ2) is 7.28. The van der Waals surface area contributed by atoms with Gasteiger partial charge in [0.05, 0.1) is 13.7 Å². The normalized spacial score (nSPS) is 17.5. The molecule has 116 valence electrons. The zero-order chi connectivity index (χ0) is 15.2. The fraction of sp³-hybridized carbons (Fsp3) is 0.533. The van der Waals surface area contributed by atoms with Crippen molar-refractivity contribution in [1.82, 2.24) is 4.90 Å². The van der Waals surface area contributed by atoms with Crippen LogP contribution in [0.5, 0.6) is 5.75 Å². The molecule has 1 saturated heterocycles. The highest BCUT2D eigenvalue weighted by atomic mass is 16.5. The summed E-state index contributed by atoms with van der Waals surface area (Å²) in [6.45, 7) is 3.21. The molecule has 21 heavy (non-hydrogen) atoms. The molecule has 1 fully saturated rings. The molecule has 0 amide bonds. The van der Waals surface area contributed by atoms with Crippen molar-refractivity contribution in [3.05, 3.63) is 24.3 Å². The minimum atomic E-state index is -0.827. The summed E-state index contributed by atoms with van der Waals surface area (Å²) in [4.78, 5) is 15.5. The molecule has 2 rings (SSSR count). The minimum absolute atomic E-state index is 0.217. The van der Waals surface area contributed by atoms with Gasteiger partial charge in [0.25, 0.3) is 0 Å². The van der Waals surface area contributed by atoms with E-state index >= 15 is 0 Å². The highest BCUT2D eigenvalue weighted by Crippen LogP contribution is 2.22. The first-order valence-corrected chi connectivity index (χ1v) is 7.00. The van der Waals surface area contributed by atoms with Gasteiger partial charge < -0.3 is 19.5 Å². The van der Waals surface area contributed by atoms with Gasteiger partial charge in [-0.3, -0.25) is 9.69 Å². The number of nitrogens with zero attached hydrogens (tertiary/aromatic N) is 2. The number of anilines is 1. The lowest BCUT2D eigenvalue weighted by Gasteiger charge is -2.38. The van der Waals surface area contributed by atoms with Crippen molar-refractivity contribution in [2.24, 2.45) is 0 Å². The van der Waals surface area contributed by atoms with Gasteiger partial charge in [-0.1, -0.05) is 6.07 Å². The zero-order valence-electron chi connectivity index (χ0n) is 12.5. The number of hydrogen-bond acceptors (Lipinski definition) is 5. The Bertz CT molecular complexity index is 472. The first kappa shape index (κ1) is 15.6. The van der Waals surface area contributed by atoms with Crippen molar-refractivity contribution in [3.8, 4) is 5.75 Å². The first-order valence-electron chi connectivity index (χ1n) is 7.00. The molecule has 0 saturated carbocycles. The van der Waals surface area contributed by atoms with Crippen LogP contribution in [0.2, 0.25) is 0 Å². The van der Waals surface area contributed by atoms with Gasteiger partial charge in [0, 0.05) is 45.0 Å². The molecule has 1 aliphatic rings. The molecule has 6 nitrogen and oxygen atoms in total. The third-order valence-electron chi connectivity index (χ3n) is 3.78. The minimum Gasteiger partial charge on any atom is -0.497 e. The van der Waals surface area contributed by atoms with Gasteiger partial charge >= 0.3 is 5.97 Å². The summed E-state index contributed by atoms with van der Waals surface area (Å²) in [5, 5.41) is 9.26. The summed E-state index contributed by atoms with van der Waals surface area (Å²) < 4.78 is 10.2. The number of carbonyl (C=O) groups is 1. The Kier molecular flexibility index (Phi) is 5.41. The molecule has 6 heteroatoms. The van der Waals surface area contributed by atoms with Gasteiger partial charge in [-0.05, 0) is 12.1 Å². The molecule has 0 bridgehead atoms. The van der Waals surface area contributed by atoms with E-state index in [9.17, 15) is 9.90 Å². The number of hydrogen-bond donors (Lipinski definition) is 1. The van der Waals surface area contributed by atoms with Gasteiger partial charge in [0.15, 0.2) is 0 Å². The molecular formula is C15H22N2O4. The topological polar surface area (TPSA) is 62.2 Å². The number of carboxylic acids is 1. The van der Waals surface area contributed by atoms with Crippen LogP contribution in [0.25, 0.3) is 0 Å².